The number of nitrogens with two attached hydrogens (primary N) is 1. The molecular weight excluding hydrogens is 429 g/mol. The fourth-order valence-electron chi connectivity index (χ4n) is 3.10. The number of pyridine rings is 1. The minimum Gasteiger partial charge on any atom is -0.439 e. The van der Waals surface area contributed by atoms with E-state index in [1.807, 2.05) is 0 Å². The number of aryl methyl sites for hydroxylation is 1. The minimum atomic E-state index is -4.63. The Kier molecular flexibility index (Phi) is 5.12. The zero-order chi connectivity index (χ0) is 23.0. The molecule has 0 saturated carbocycles. The van der Waals surface area contributed by atoms with Gasteiger partial charge in [-0.05, 0) is 36.8 Å². The highest BCUT2D eigenvalue weighted by atomic mass is 19.4. The van der Waals surface area contributed by atoms with Crippen LogP contribution in [0.4, 0.5) is 35.3 Å². The number of imide groups is 1. The number of rotatable bonds is 4. The fraction of sp³-hybridized carbons (Fsp3) is 0.150. The Hall–Kier alpha value is -4.22. The molecule has 1 fully saturated rings. The van der Waals surface area contributed by atoms with Gasteiger partial charge in [-0.3, -0.25) is 14.7 Å². The molecule has 0 aliphatic carbocycles. The lowest BCUT2D eigenvalue weighted by Crippen LogP contribution is -2.33. The monoisotopic (exact) mass is 444 g/mol. The van der Waals surface area contributed by atoms with Crippen molar-refractivity contribution in [1.29, 1.82) is 0 Å². The molecular formula is C20H15F3N6O3. The number of benzene rings is 1. The van der Waals surface area contributed by atoms with Crippen molar-refractivity contribution in [3.05, 3.63) is 60.0 Å². The molecule has 1 aliphatic rings. The molecule has 3 heterocycles. The number of alkyl halides is 3. The normalized spacial score (nSPS) is 14.2. The van der Waals surface area contributed by atoms with E-state index in [9.17, 15) is 22.8 Å². The topological polar surface area (TPSA) is 115 Å². The van der Waals surface area contributed by atoms with E-state index in [2.05, 4.69) is 15.0 Å². The number of anilines is 3. The van der Waals surface area contributed by atoms with E-state index >= 15 is 0 Å². The van der Waals surface area contributed by atoms with Crippen LogP contribution in [0.5, 0.6) is 11.6 Å². The molecule has 3 aromatic rings. The van der Waals surface area contributed by atoms with Gasteiger partial charge >= 0.3 is 12.2 Å². The molecule has 1 saturated heterocycles. The summed E-state index contributed by atoms with van der Waals surface area (Å²) in [6.45, 7) is 1.28. The van der Waals surface area contributed by atoms with Crippen molar-refractivity contribution >= 4 is 29.3 Å². The smallest absolute Gasteiger partial charge is 0.417 e. The van der Waals surface area contributed by atoms with Crippen molar-refractivity contribution in [2.45, 2.75) is 13.1 Å². The second-order valence-electron chi connectivity index (χ2n) is 6.83. The number of ether oxygens (including phenoxy) is 1. The number of aromatic nitrogens is 3. The van der Waals surface area contributed by atoms with Gasteiger partial charge in [-0.15, -0.1) is 0 Å². The van der Waals surface area contributed by atoms with Gasteiger partial charge in [-0.25, -0.2) is 14.7 Å². The fourth-order valence-corrected chi connectivity index (χ4v) is 3.10. The summed E-state index contributed by atoms with van der Waals surface area (Å²) in [5.41, 5.74) is 5.21. The van der Waals surface area contributed by atoms with Gasteiger partial charge in [0.15, 0.2) is 0 Å². The summed E-state index contributed by atoms with van der Waals surface area (Å²) in [7, 11) is 0. The third-order valence-electron chi connectivity index (χ3n) is 4.61. The first-order valence-electron chi connectivity index (χ1n) is 9.17. The molecule has 164 valence electrons. The molecule has 9 nitrogen and oxygen atoms in total. The summed E-state index contributed by atoms with van der Waals surface area (Å²) in [5.74, 6) is 0.0630. The van der Waals surface area contributed by atoms with Crippen molar-refractivity contribution in [1.82, 2.24) is 15.0 Å². The van der Waals surface area contributed by atoms with Crippen molar-refractivity contribution in [2.24, 2.45) is 0 Å². The van der Waals surface area contributed by atoms with Crippen molar-refractivity contribution in [3.8, 4) is 11.6 Å². The first-order valence-corrected chi connectivity index (χ1v) is 9.17. The van der Waals surface area contributed by atoms with Gasteiger partial charge in [0.1, 0.15) is 12.3 Å². The number of urea groups is 1. The summed E-state index contributed by atoms with van der Waals surface area (Å²) in [5, 5.41) is 0. The zero-order valence-corrected chi connectivity index (χ0v) is 16.5. The first-order chi connectivity index (χ1) is 15.1. The third kappa shape index (κ3) is 4.02. The highest BCUT2D eigenvalue weighted by Gasteiger charge is 2.39. The Morgan fingerprint density at radius 3 is 2.56 bits per heavy atom. The van der Waals surface area contributed by atoms with E-state index in [0.29, 0.717) is 17.5 Å². The lowest BCUT2D eigenvalue weighted by atomic mass is 10.2. The van der Waals surface area contributed by atoms with E-state index in [-0.39, 0.29) is 23.2 Å². The number of carbonyl (C=O) groups is 2. The van der Waals surface area contributed by atoms with Crippen LogP contribution in [0.1, 0.15) is 11.1 Å². The molecule has 3 amide bonds. The SMILES string of the molecule is Cc1cc(N2C(=O)CN(c3cncc(C(F)(F)F)c3)C2=O)ccc1Oc1ccnc(N)n1. The molecule has 0 spiro atoms. The maximum Gasteiger partial charge on any atom is 0.417 e. The van der Waals surface area contributed by atoms with Crippen LogP contribution < -0.4 is 20.3 Å². The molecule has 1 aliphatic heterocycles. The molecule has 2 aromatic heterocycles. The van der Waals surface area contributed by atoms with E-state index in [4.69, 9.17) is 10.5 Å². The van der Waals surface area contributed by atoms with Crippen LogP contribution in [0.3, 0.4) is 0 Å². The predicted octanol–water partition coefficient (Wildman–Crippen LogP) is 3.55. The van der Waals surface area contributed by atoms with Crippen LogP contribution in [-0.4, -0.2) is 33.4 Å². The molecule has 32 heavy (non-hydrogen) atoms. The Balaban J connectivity index is 1.58. The Morgan fingerprint density at radius 1 is 1.09 bits per heavy atom. The number of amides is 3. The standard InChI is InChI=1S/C20H15F3N6O3/c1-11-6-13(2-3-15(11)32-16-4-5-26-18(24)27-16)29-17(30)10-28(19(29)31)14-7-12(8-25-9-14)20(21,22)23/h2-9H,10H2,1H3,(H2,24,26,27). The lowest BCUT2D eigenvalue weighted by molar-refractivity contribution is -0.137. The number of hydrogen-bond acceptors (Lipinski definition) is 7. The summed E-state index contributed by atoms with van der Waals surface area (Å²) >= 11 is 0. The average Bonchev–Trinajstić information content (AvgIpc) is 3.03. The van der Waals surface area contributed by atoms with Gasteiger partial charge in [-0.1, -0.05) is 0 Å². The molecule has 0 bridgehead atoms. The second kappa shape index (κ2) is 7.80. The van der Waals surface area contributed by atoms with Gasteiger partial charge < -0.3 is 10.5 Å². The number of carbonyl (C=O) groups excluding carboxylic acids is 2. The Labute approximate surface area is 179 Å². The highest BCUT2D eigenvalue weighted by molar-refractivity contribution is 6.26. The van der Waals surface area contributed by atoms with Crippen molar-refractivity contribution in [2.75, 3.05) is 22.1 Å². The summed E-state index contributed by atoms with van der Waals surface area (Å²) < 4.78 is 44.6. The van der Waals surface area contributed by atoms with Gasteiger partial charge in [0.25, 0.3) is 5.91 Å². The maximum absolute atomic E-state index is 13.0. The van der Waals surface area contributed by atoms with Crippen LogP contribution in [0.15, 0.2) is 48.9 Å². The van der Waals surface area contributed by atoms with E-state index < -0.39 is 30.2 Å². The number of nitrogen functional groups attached to an aromatic ring is 1. The lowest BCUT2D eigenvalue weighted by Gasteiger charge is -2.19. The largest absolute Gasteiger partial charge is 0.439 e. The van der Waals surface area contributed by atoms with Gasteiger partial charge in [0.05, 0.1) is 23.1 Å². The highest BCUT2D eigenvalue weighted by Crippen LogP contribution is 2.34. The van der Waals surface area contributed by atoms with E-state index in [1.165, 1.54) is 24.4 Å². The van der Waals surface area contributed by atoms with Gasteiger partial charge in [0.2, 0.25) is 11.8 Å². The molecule has 4 rings (SSSR count). The molecule has 2 N–H and O–H groups in total. The Bertz CT molecular complexity index is 1220. The van der Waals surface area contributed by atoms with Crippen LogP contribution in [0.2, 0.25) is 0 Å². The molecule has 12 heteroatoms. The average molecular weight is 444 g/mol. The number of halogens is 3. The van der Waals surface area contributed by atoms with E-state index in [1.54, 1.807) is 13.0 Å². The number of hydrogen-bond donors (Lipinski definition) is 1. The molecule has 0 atom stereocenters. The van der Waals surface area contributed by atoms with Crippen molar-refractivity contribution < 1.29 is 27.5 Å². The van der Waals surface area contributed by atoms with Gasteiger partial charge in [-0.2, -0.15) is 18.2 Å². The maximum atomic E-state index is 13.0. The van der Waals surface area contributed by atoms with Crippen molar-refractivity contribution in [3.63, 3.8) is 0 Å². The van der Waals surface area contributed by atoms with Crippen LogP contribution in [-0.2, 0) is 11.0 Å². The third-order valence-corrected chi connectivity index (χ3v) is 4.61. The summed E-state index contributed by atoms with van der Waals surface area (Å²) in [6, 6.07) is 6.07. The predicted molar refractivity (Wildman–Crippen MR) is 107 cm³/mol. The quantitative estimate of drug-likeness (QED) is 0.612. The van der Waals surface area contributed by atoms with Crippen LogP contribution >= 0.6 is 0 Å². The Morgan fingerprint density at radius 2 is 1.88 bits per heavy atom. The molecule has 0 radical (unpaired) electrons. The summed E-state index contributed by atoms with van der Waals surface area (Å²) in [6.07, 6.45) is -1.45. The van der Waals surface area contributed by atoms with Crippen LogP contribution in [0, 0.1) is 6.92 Å². The summed E-state index contributed by atoms with van der Waals surface area (Å²) in [4.78, 5) is 38.5. The molecule has 1 aromatic carbocycles. The van der Waals surface area contributed by atoms with Gasteiger partial charge in [0, 0.05) is 18.5 Å². The van der Waals surface area contributed by atoms with Crippen LogP contribution in [0.25, 0.3) is 0 Å². The zero-order valence-electron chi connectivity index (χ0n) is 16.5. The second-order valence-corrected chi connectivity index (χ2v) is 6.83. The molecule has 0 unspecified atom stereocenters. The first kappa shape index (κ1) is 21.0. The number of nitrogens with zero attached hydrogens (tertiary/aromatic N) is 5. The van der Waals surface area contributed by atoms with E-state index in [0.717, 1.165) is 22.1 Å². The minimum absolute atomic E-state index is 0.0363.